The average molecular weight is 242 g/mol. The third-order valence-electron chi connectivity index (χ3n) is 4.40. The third kappa shape index (κ3) is 1.95. The quantitative estimate of drug-likeness (QED) is 0.784. The van der Waals surface area contributed by atoms with E-state index in [0.29, 0.717) is 0 Å². The zero-order valence-corrected chi connectivity index (χ0v) is 11.4. The van der Waals surface area contributed by atoms with Crippen molar-refractivity contribution in [2.24, 2.45) is 7.05 Å². The molecule has 1 aliphatic rings. The molecule has 0 N–H and O–H groups in total. The van der Waals surface area contributed by atoms with Crippen LogP contribution in [0.4, 0.5) is 0 Å². The summed E-state index contributed by atoms with van der Waals surface area (Å²) in [6, 6.07) is 8.79. The van der Waals surface area contributed by atoms with Crippen LogP contribution in [0.1, 0.15) is 31.2 Å². The maximum absolute atomic E-state index is 2.56. The van der Waals surface area contributed by atoms with E-state index in [-0.39, 0.29) is 0 Å². The van der Waals surface area contributed by atoms with E-state index in [1.165, 1.54) is 43.4 Å². The van der Waals surface area contributed by atoms with Gasteiger partial charge in [0.25, 0.3) is 0 Å². The number of hydrogen-bond donors (Lipinski definition) is 0. The minimum atomic E-state index is 0.749. The number of aromatic nitrogens is 1. The molecule has 2 heteroatoms. The van der Waals surface area contributed by atoms with Crippen LogP contribution in [0.15, 0.2) is 30.5 Å². The van der Waals surface area contributed by atoms with Crippen LogP contribution in [0.5, 0.6) is 0 Å². The van der Waals surface area contributed by atoms with Crippen molar-refractivity contribution >= 4 is 10.9 Å². The number of nitrogens with zero attached hydrogens (tertiary/aromatic N) is 2. The monoisotopic (exact) mass is 242 g/mol. The molecule has 1 aliphatic heterocycles. The Hall–Kier alpha value is -1.28. The van der Waals surface area contributed by atoms with E-state index in [2.05, 4.69) is 53.9 Å². The fraction of sp³-hybridized carbons (Fsp3) is 0.500. The van der Waals surface area contributed by atoms with E-state index >= 15 is 0 Å². The number of hydrogen-bond acceptors (Lipinski definition) is 1. The number of para-hydroxylation sites is 1. The smallest absolute Gasteiger partial charge is 0.0480 e. The summed E-state index contributed by atoms with van der Waals surface area (Å²) in [6.45, 7) is 5.97. The Balaban J connectivity index is 1.91. The van der Waals surface area contributed by atoms with E-state index in [0.717, 1.165) is 5.92 Å². The number of fused-ring (bicyclic) bond motifs is 1. The van der Waals surface area contributed by atoms with Crippen LogP contribution < -0.4 is 0 Å². The predicted molar refractivity (Wildman–Crippen MR) is 77.0 cm³/mol. The lowest BCUT2D eigenvalue weighted by atomic mass is 9.89. The second-order valence-corrected chi connectivity index (χ2v) is 5.42. The molecule has 2 aromatic rings. The van der Waals surface area contributed by atoms with Crippen LogP contribution in [-0.2, 0) is 7.05 Å². The molecule has 2 heterocycles. The normalized spacial score (nSPS) is 18.6. The molecule has 1 saturated heterocycles. The van der Waals surface area contributed by atoms with Gasteiger partial charge in [-0.05, 0) is 50.0 Å². The second kappa shape index (κ2) is 4.77. The van der Waals surface area contributed by atoms with Crippen LogP contribution in [0.2, 0.25) is 0 Å². The fourth-order valence-electron chi connectivity index (χ4n) is 3.26. The lowest BCUT2D eigenvalue weighted by molar-refractivity contribution is 0.223. The molecule has 2 nitrogen and oxygen atoms in total. The molecule has 0 atom stereocenters. The van der Waals surface area contributed by atoms with Crippen molar-refractivity contribution < 1.29 is 0 Å². The Kier molecular flexibility index (Phi) is 3.13. The van der Waals surface area contributed by atoms with E-state index in [9.17, 15) is 0 Å². The molecule has 0 radical (unpaired) electrons. The topological polar surface area (TPSA) is 8.17 Å². The molecule has 0 spiro atoms. The first-order chi connectivity index (χ1) is 8.79. The molecule has 18 heavy (non-hydrogen) atoms. The van der Waals surface area contributed by atoms with Crippen molar-refractivity contribution in [3.63, 3.8) is 0 Å². The van der Waals surface area contributed by atoms with Gasteiger partial charge in [0.2, 0.25) is 0 Å². The zero-order chi connectivity index (χ0) is 12.5. The highest BCUT2D eigenvalue weighted by molar-refractivity contribution is 5.84. The SMILES string of the molecule is CCN1CCC(c2cn(C)c3ccccc23)CC1. The van der Waals surface area contributed by atoms with Gasteiger partial charge in [0.05, 0.1) is 0 Å². The van der Waals surface area contributed by atoms with E-state index in [1.807, 2.05) is 0 Å². The summed E-state index contributed by atoms with van der Waals surface area (Å²) < 4.78 is 2.27. The number of likely N-dealkylation sites (tertiary alicyclic amines) is 1. The van der Waals surface area contributed by atoms with Crippen molar-refractivity contribution in [3.05, 3.63) is 36.0 Å². The van der Waals surface area contributed by atoms with Crippen LogP contribution in [0.25, 0.3) is 10.9 Å². The third-order valence-corrected chi connectivity index (χ3v) is 4.40. The van der Waals surface area contributed by atoms with E-state index in [4.69, 9.17) is 0 Å². The molecule has 96 valence electrons. The van der Waals surface area contributed by atoms with Crippen molar-refractivity contribution in [1.29, 1.82) is 0 Å². The molecule has 0 unspecified atom stereocenters. The van der Waals surface area contributed by atoms with Crippen molar-refractivity contribution in [1.82, 2.24) is 9.47 Å². The van der Waals surface area contributed by atoms with Crippen LogP contribution in [0.3, 0.4) is 0 Å². The standard InChI is InChI=1S/C16H22N2/c1-3-18-10-8-13(9-11-18)15-12-17(2)16-7-5-4-6-14(15)16/h4-7,12-13H,3,8-11H2,1-2H3. The number of piperidine rings is 1. The van der Waals surface area contributed by atoms with Crippen LogP contribution >= 0.6 is 0 Å². The molecular formula is C16H22N2. The van der Waals surface area contributed by atoms with Gasteiger partial charge in [-0.25, -0.2) is 0 Å². The minimum absolute atomic E-state index is 0.749. The molecule has 0 amide bonds. The first-order valence-electron chi connectivity index (χ1n) is 7.06. The number of rotatable bonds is 2. The largest absolute Gasteiger partial charge is 0.350 e. The van der Waals surface area contributed by atoms with Gasteiger partial charge in [0, 0.05) is 24.1 Å². The zero-order valence-electron chi connectivity index (χ0n) is 11.4. The maximum atomic E-state index is 2.56. The van der Waals surface area contributed by atoms with Crippen LogP contribution in [0, 0.1) is 0 Å². The molecule has 0 aliphatic carbocycles. The van der Waals surface area contributed by atoms with Gasteiger partial charge >= 0.3 is 0 Å². The average Bonchev–Trinajstić information content (AvgIpc) is 2.77. The number of benzene rings is 1. The minimum Gasteiger partial charge on any atom is -0.350 e. The van der Waals surface area contributed by atoms with Gasteiger partial charge in [-0.1, -0.05) is 25.1 Å². The number of aryl methyl sites for hydroxylation is 1. The molecule has 0 bridgehead atoms. The Bertz CT molecular complexity index is 533. The molecular weight excluding hydrogens is 220 g/mol. The fourth-order valence-corrected chi connectivity index (χ4v) is 3.26. The van der Waals surface area contributed by atoms with Crippen molar-refractivity contribution in [3.8, 4) is 0 Å². The summed E-state index contributed by atoms with van der Waals surface area (Å²) in [5.74, 6) is 0.749. The first-order valence-corrected chi connectivity index (χ1v) is 7.06. The summed E-state index contributed by atoms with van der Waals surface area (Å²) >= 11 is 0. The maximum Gasteiger partial charge on any atom is 0.0480 e. The Morgan fingerprint density at radius 3 is 2.61 bits per heavy atom. The van der Waals surface area contributed by atoms with Gasteiger partial charge in [0.1, 0.15) is 0 Å². The summed E-state index contributed by atoms with van der Waals surface area (Å²) in [4.78, 5) is 2.56. The molecule has 1 aromatic carbocycles. The van der Waals surface area contributed by atoms with Gasteiger partial charge in [0.15, 0.2) is 0 Å². The molecule has 0 saturated carbocycles. The molecule has 1 fully saturated rings. The lowest BCUT2D eigenvalue weighted by Crippen LogP contribution is -2.32. The highest BCUT2D eigenvalue weighted by Crippen LogP contribution is 2.33. The molecule has 1 aromatic heterocycles. The Morgan fingerprint density at radius 1 is 1.17 bits per heavy atom. The van der Waals surface area contributed by atoms with Gasteiger partial charge in [-0.15, -0.1) is 0 Å². The first kappa shape index (κ1) is 11.8. The van der Waals surface area contributed by atoms with Crippen LogP contribution in [-0.4, -0.2) is 29.1 Å². The van der Waals surface area contributed by atoms with E-state index in [1.54, 1.807) is 5.56 Å². The Labute approximate surface area is 109 Å². The van der Waals surface area contributed by atoms with Crippen molar-refractivity contribution in [2.45, 2.75) is 25.7 Å². The molecule has 3 rings (SSSR count). The summed E-state index contributed by atoms with van der Waals surface area (Å²) in [6.07, 6.45) is 4.96. The van der Waals surface area contributed by atoms with Gasteiger partial charge < -0.3 is 9.47 Å². The van der Waals surface area contributed by atoms with Gasteiger partial charge in [-0.2, -0.15) is 0 Å². The summed E-state index contributed by atoms with van der Waals surface area (Å²) in [5.41, 5.74) is 2.93. The highest BCUT2D eigenvalue weighted by atomic mass is 15.1. The highest BCUT2D eigenvalue weighted by Gasteiger charge is 2.22. The Morgan fingerprint density at radius 2 is 1.89 bits per heavy atom. The predicted octanol–water partition coefficient (Wildman–Crippen LogP) is 3.38. The van der Waals surface area contributed by atoms with E-state index < -0.39 is 0 Å². The lowest BCUT2D eigenvalue weighted by Gasteiger charge is -2.30. The summed E-state index contributed by atoms with van der Waals surface area (Å²) in [7, 11) is 2.16. The summed E-state index contributed by atoms with van der Waals surface area (Å²) in [5, 5.41) is 1.45. The van der Waals surface area contributed by atoms with Gasteiger partial charge in [-0.3, -0.25) is 0 Å². The second-order valence-electron chi connectivity index (χ2n) is 5.42. The van der Waals surface area contributed by atoms with Crippen molar-refractivity contribution in [2.75, 3.05) is 19.6 Å².